The van der Waals surface area contributed by atoms with Crippen LogP contribution in [0.15, 0.2) is 30.9 Å². The third-order valence-electron chi connectivity index (χ3n) is 8.15. The Labute approximate surface area is 213 Å². The van der Waals surface area contributed by atoms with Crippen molar-refractivity contribution in [2.45, 2.75) is 75.9 Å². The molecule has 0 unspecified atom stereocenters. The Morgan fingerprint density at radius 1 is 1.16 bits per heavy atom. The van der Waals surface area contributed by atoms with Gasteiger partial charge in [0, 0.05) is 46.9 Å². The van der Waals surface area contributed by atoms with Gasteiger partial charge in [0.1, 0.15) is 18.0 Å². The molecule has 0 spiro atoms. The molecule has 2 aliphatic heterocycles. The number of pyridine rings is 1. The van der Waals surface area contributed by atoms with Crippen LogP contribution in [0.4, 0.5) is 11.6 Å². The number of amides is 1. The summed E-state index contributed by atoms with van der Waals surface area (Å²) in [6.07, 6.45) is 12.0. The zero-order valence-corrected chi connectivity index (χ0v) is 20.8. The van der Waals surface area contributed by atoms with Crippen LogP contribution in [0.25, 0.3) is 16.8 Å². The lowest BCUT2D eigenvalue weighted by atomic mass is 9.85. The zero-order chi connectivity index (χ0) is 25.1. The number of carbonyl (C=O) groups excluding carboxylic acids is 1. The average Bonchev–Trinajstić information content (AvgIpc) is 3.28. The fraction of sp³-hybridized carbons (Fsp3) is 0.462. The number of hydrogen-bond donors (Lipinski definition) is 3. The molecule has 2 bridgehead atoms. The molecule has 1 amide bonds. The predicted molar refractivity (Wildman–Crippen MR) is 138 cm³/mol. The van der Waals surface area contributed by atoms with Crippen LogP contribution >= 0.6 is 0 Å². The van der Waals surface area contributed by atoms with Gasteiger partial charge in [0.2, 0.25) is 5.82 Å². The Kier molecular flexibility index (Phi) is 5.12. The first-order valence-electron chi connectivity index (χ1n) is 13.2. The number of H-pyrrole nitrogens is 1. The molecule has 37 heavy (non-hydrogen) atoms. The summed E-state index contributed by atoms with van der Waals surface area (Å²) in [5, 5.41) is 15.8. The second-order valence-electron chi connectivity index (χ2n) is 10.5. The van der Waals surface area contributed by atoms with Crippen LogP contribution < -0.4 is 11.1 Å². The molecule has 4 N–H and O–H groups in total. The van der Waals surface area contributed by atoms with E-state index in [1.807, 2.05) is 23.4 Å². The summed E-state index contributed by atoms with van der Waals surface area (Å²) >= 11 is 0. The molecule has 11 heteroatoms. The highest BCUT2D eigenvalue weighted by molar-refractivity contribution is 5.91. The van der Waals surface area contributed by atoms with Crippen molar-refractivity contribution in [2.75, 3.05) is 11.1 Å². The Bertz CT molecular complexity index is 1440. The van der Waals surface area contributed by atoms with E-state index in [1.54, 1.807) is 4.52 Å². The number of nitrogens with one attached hydrogen (secondary N) is 2. The van der Waals surface area contributed by atoms with Crippen LogP contribution in [0.5, 0.6) is 0 Å². The van der Waals surface area contributed by atoms with Crippen molar-refractivity contribution < 1.29 is 4.79 Å². The van der Waals surface area contributed by atoms with Crippen molar-refractivity contribution in [3.8, 4) is 11.1 Å². The highest BCUT2D eigenvalue weighted by Crippen LogP contribution is 2.45. The standard InChI is InChI=1S/C26H30N10O/c1-2-19-22(15-9-17-6-7-18(10-15)35(17)26(37)24-29-13-30-34-24)33-25-20(12-31-36(25)23(19)27)14-3-8-21(28-11-14)32-16-4-5-16/h3,8,11-13,15-18H,2,4-7,9-10,27H2,1H3,(H,28,32)(H,29,30,34)/t15-,17+,18-. The number of nitrogens with zero attached hydrogens (tertiary/aromatic N) is 7. The number of rotatable bonds is 6. The van der Waals surface area contributed by atoms with Gasteiger partial charge in [0.05, 0.1) is 11.9 Å². The van der Waals surface area contributed by atoms with Crippen LogP contribution in [-0.4, -0.2) is 63.7 Å². The number of aromatic amines is 1. The first-order chi connectivity index (χ1) is 18.1. The maximum Gasteiger partial charge on any atom is 0.292 e. The van der Waals surface area contributed by atoms with Crippen LogP contribution in [0.2, 0.25) is 0 Å². The number of nitrogens with two attached hydrogens (primary N) is 1. The van der Waals surface area contributed by atoms with Crippen LogP contribution in [-0.2, 0) is 6.42 Å². The highest BCUT2D eigenvalue weighted by Gasteiger charge is 2.45. The fourth-order valence-corrected chi connectivity index (χ4v) is 6.21. The molecular weight excluding hydrogens is 468 g/mol. The van der Waals surface area contributed by atoms with E-state index in [9.17, 15) is 4.79 Å². The van der Waals surface area contributed by atoms with Gasteiger partial charge < -0.3 is 20.9 Å². The van der Waals surface area contributed by atoms with Gasteiger partial charge in [-0.3, -0.25) is 4.79 Å². The van der Waals surface area contributed by atoms with Gasteiger partial charge in [-0.2, -0.15) is 9.61 Å². The molecule has 3 aliphatic rings. The molecular formula is C26H30N10O. The van der Waals surface area contributed by atoms with E-state index in [0.717, 1.165) is 66.0 Å². The first kappa shape index (κ1) is 22.2. The van der Waals surface area contributed by atoms with Gasteiger partial charge in [0.15, 0.2) is 5.65 Å². The van der Waals surface area contributed by atoms with E-state index in [1.165, 1.54) is 19.2 Å². The van der Waals surface area contributed by atoms with Crippen molar-refractivity contribution in [2.24, 2.45) is 0 Å². The summed E-state index contributed by atoms with van der Waals surface area (Å²) < 4.78 is 1.76. The lowest BCUT2D eigenvalue weighted by molar-refractivity contribution is 0.0557. The van der Waals surface area contributed by atoms with Crippen molar-refractivity contribution in [3.05, 3.63) is 47.9 Å². The second-order valence-corrected chi connectivity index (χ2v) is 10.5. The molecule has 1 aliphatic carbocycles. The topological polar surface area (TPSA) is 143 Å². The summed E-state index contributed by atoms with van der Waals surface area (Å²) in [6.45, 7) is 2.11. The zero-order valence-electron chi connectivity index (χ0n) is 20.8. The van der Waals surface area contributed by atoms with Crippen molar-refractivity contribution >= 4 is 23.2 Å². The smallest absolute Gasteiger partial charge is 0.292 e. The Morgan fingerprint density at radius 3 is 2.62 bits per heavy atom. The Hall–Kier alpha value is -4.02. The summed E-state index contributed by atoms with van der Waals surface area (Å²) in [6, 6.07) is 4.95. The predicted octanol–water partition coefficient (Wildman–Crippen LogP) is 3.18. The number of anilines is 2. The summed E-state index contributed by atoms with van der Waals surface area (Å²) in [4.78, 5) is 27.8. The number of aromatic nitrogens is 7. The van der Waals surface area contributed by atoms with Crippen LogP contribution in [0.3, 0.4) is 0 Å². The minimum atomic E-state index is -0.0627. The van der Waals surface area contributed by atoms with Crippen LogP contribution in [0, 0.1) is 0 Å². The van der Waals surface area contributed by atoms with E-state index >= 15 is 0 Å². The molecule has 4 aromatic rings. The molecule has 11 nitrogen and oxygen atoms in total. The Morgan fingerprint density at radius 2 is 1.97 bits per heavy atom. The second kappa shape index (κ2) is 8.53. The van der Waals surface area contributed by atoms with E-state index in [-0.39, 0.29) is 23.9 Å². The lowest BCUT2D eigenvalue weighted by Gasteiger charge is -2.38. The molecule has 7 rings (SSSR count). The van der Waals surface area contributed by atoms with Crippen LogP contribution in [0.1, 0.15) is 73.2 Å². The number of carbonyl (C=O) groups is 1. The third-order valence-corrected chi connectivity index (χ3v) is 8.15. The van der Waals surface area contributed by atoms with E-state index in [2.05, 4.69) is 43.6 Å². The van der Waals surface area contributed by atoms with Gasteiger partial charge >= 0.3 is 0 Å². The normalized spacial score (nSPS) is 23.1. The molecule has 0 aromatic carbocycles. The summed E-state index contributed by atoms with van der Waals surface area (Å²) in [5.41, 5.74) is 11.4. The van der Waals surface area contributed by atoms with Gasteiger partial charge in [-0.15, -0.1) is 10.2 Å². The SMILES string of the molecule is CCc1c([C@H]2C[C@H]3CC[C@@H](C2)N3C(=O)c2nnc[nH]2)nc2c(-c3ccc(NC4CC4)nc3)cnn2c1N. The highest BCUT2D eigenvalue weighted by atomic mass is 16.2. The molecule has 6 heterocycles. The first-order valence-corrected chi connectivity index (χ1v) is 13.2. The van der Waals surface area contributed by atoms with Gasteiger partial charge in [-0.25, -0.2) is 9.97 Å². The van der Waals surface area contributed by atoms with E-state index in [4.69, 9.17) is 10.7 Å². The number of fused-ring (bicyclic) bond motifs is 3. The molecule has 3 fully saturated rings. The maximum absolute atomic E-state index is 13.1. The number of hydrogen-bond acceptors (Lipinski definition) is 8. The van der Waals surface area contributed by atoms with Gasteiger partial charge in [-0.05, 0) is 57.1 Å². The van der Waals surface area contributed by atoms with E-state index < -0.39 is 0 Å². The van der Waals surface area contributed by atoms with E-state index in [0.29, 0.717) is 17.7 Å². The number of nitrogen functional groups attached to an aromatic ring is 1. The molecule has 0 radical (unpaired) electrons. The van der Waals surface area contributed by atoms with Gasteiger partial charge in [0.25, 0.3) is 5.91 Å². The average molecular weight is 499 g/mol. The largest absolute Gasteiger partial charge is 0.383 e. The molecule has 4 aromatic heterocycles. The maximum atomic E-state index is 13.1. The van der Waals surface area contributed by atoms with Crippen molar-refractivity contribution in [1.29, 1.82) is 0 Å². The molecule has 1 saturated carbocycles. The minimum absolute atomic E-state index is 0.0627. The Balaban J connectivity index is 1.22. The van der Waals surface area contributed by atoms with Crippen molar-refractivity contribution in [1.82, 2.24) is 39.7 Å². The monoisotopic (exact) mass is 498 g/mol. The lowest BCUT2D eigenvalue weighted by Crippen LogP contribution is -2.46. The van der Waals surface area contributed by atoms with Crippen molar-refractivity contribution in [3.63, 3.8) is 0 Å². The summed E-state index contributed by atoms with van der Waals surface area (Å²) in [5.74, 6) is 2.01. The number of piperidine rings is 1. The fourth-order valence-electron chi connectivity index (χ4n) is 6.21. The van der Waals surface area contributed by atoms with Gasteiger partial charge in [-0.1, -0.05) is 6.92 Å². The molecule has 2 saturated heterocycles. The third kappa shape index (κ3) is 3.71. The molecule has 3 atom stereocenters. The quantitative estimate of drug-likeness (QED) is 0.368. The summed E-state index contributed by atoms with van der Waals surface area (Å²) in [7, 11) is 0. The molecule has 190 valence electrons. The minimum Gasteiger partial charge on any atom is -0.383 e.